The van der Waals surface area contributed by atoms with Crippen LogP contribution in [0.5, 0.6) is 5.75 Å². The number of rotatable bonds is 3. The van der Waals surface area contributed by atoms with Crippen LogP contribution in [0.1, 0.15) is 24.0 Å². The summed E-state index contributed by atoms with van der Waals surface area (Å²) in [5.41, 5.74) is 2.75. The zero-order chi connectivity index (χ0) is 9.80. The van der Waals surface area contributed by atoms with Crippen molar-refractivity contribution < 1.29 is 4.74 Å². The molecule has 0 radical (unpaired) electrons. The number of hydrogen-bond donors (Lipinski definition) is 0. The molecule has 1 aliphatic heterocycles. The van der Waals surface area contributed by atoms with Gasteiger partial charge in [0.15, 0.2) is 0 Å². The topological polar surface area (TPSA) is 9.23 Å². The Hall–Kier alpha value is -0.690. The van der Waals surface area contributed by atoms with Gasteiger partial charge < -0.3 is 4.74 Å². The maximum absolute atomic E-state index is 5.67. The molecule has 0 aliphatic carbocycles. The van der Waals surface area contributed by atoms with E-state index in [2.05, 4.69) is 18.2 Å². The molecule has 0 bridgehead atoms. The normalized spacial score (nSPS) is 14.6. The van der Waals surface area contributed by atoms with E-state index in [9.17, 15) is 0 Å². The Morgan fingerprint density at radius 1 is 1.36 bits per heavy atom. The maximum atomic E-state index is 5.67. The van der Waals surface area contributed by atoms with Crippen molar-refractivity contribution in [3.63, 3.8) is 0 Å². The lowest BCUT2D eigenvalue weighted by Gasteiger charge is -2.17. The number of hydrogen-bond acceptors (Lipinski definition) is 1. The molecular formula is C12H15ClO. The second kappa shape index (κ2) is 4.70. The SMILES string of the molecule is ClCCCc1ccc2c(c1)CCCO2. The minimum Gasteiger partial charge on any atom is -0.493 e. The van der Waals surface area contributed by atoms with Crippen molar-refractivity contribution in [2.75, 3.05) is 12.5 Å². The molecule has 1 heterocycles. The van der Waals surface area contributed by atoms with Gasteiger partial charge in [-0.15, -0.1) is 11.6 Å². The predicted molar refractivity (Wildman–Crippen MR) is 59.3 cm³/mol. The maximum Gasteiger partial charge on any atom is 0.122 e. The lowest BCUT2D eigenvalue weighted by molar-refractivity contribution is 0.288. The van der Waals surface area contributed by atoms with Gasteiger partial charge in [0.2, 0.25) is 0 Å². The van der Waals surface area contributed by atoms with Gasteiger partial charge in [0, 0.05) is 5.88 Å². The molecule has 1 aromatic carbocycles. The molecule has 1 aromatic rings. The fraction of sp³-hybridized carbons (Fsp3) is 0.500. The highest BCUT2D eigenvalue weighted by molar-refractivity contribution is 6.17. The van der Waals surface area contributed by atoms with Crippen LogP contribution in [0, 0.1) is 0 Å². The molecule has 0 aromatic heterocycles. The summed E-state index contributed by atoms with van der Waals surface area (Å²) in [6.45, 7) is 0.869. The van der Waals surface area contributed by atoms with E-state index in [1.807, 2.05) is 0 Å². The van der Waals surface area contributed by atoms with E-state index in [1.54, 1.807) is 0 Å². The van der Waals surface area contributed by atoms with E-state index in [-0.39, 0.29) is 0 Å². The van der Waals surface area contributed by atoms with Crippen LogP contribution < -0.4 is 4.74 Å². The van der Waals surface area contributed by atoms with Gasteiger partial charge in [-0.3, -0.25) is 0 Å². The van der Waals surface area contributed by atoms with E-state index in [4.69, 9.17) is 16.3 Å². The quantitative estimate of drug-likeness (QED) is 0.697. The third-order valence-corrected chi connectivity index (χ3v) is 2.84. The molecule has 1 nitrogen and oxygen atoms in total. The Bertz CT molecular complexity index is 309. The van der Waals surface area contributed by atoms with Crippen LogP contribution in [0.25, 0.3) is 0 Å². The third-order valence-electron chi connectivity index (χ3n) is 2.57. The van der Waals surface area contributed by atoms with Crippen molar-refractivity contribution >= 4 is 11.6 Å². The van der Waals surface area contributed by atoms with Crippen LogP contribution in [0.4, 0.5) is 0 Å². The smallest absolute Gasteiger partial charge is 0.122 e. The van der Waals surface area contributed by atoms with E-state index < -0.39 is 0 Å². The van der Waals surface area contributed by atoms with Crippen LogP contribution in [0.15, 0.2) is 18.2 Å². The Kier molecular flexibility index (Phi) is 3.30. The van der Waals surface area contributed by atoms with Crippen LogP contribution in [0.3, 0.4) is 0 Å². The summed E-state index contributed by atoms with van der Waals surface area (Å²) < 4.78 is 5.56. The first kappa shape index (κ1) is 9.85. The molecular weight excluding hydrogens is 196 g/mol. The molecule has 0 spiro atoms. The first-order chi connectivity index (χ1) is 6.90. The van der Waals surface area contributed by atoms with Gasteiger partial charge in [0.1, 0.15) is 5.75 Å². The number of alkyl halides is 1. The summed E-state index contributed by atoms with van der Waals surface area (Å²) in [5, 5.41) is 0. The third kappa shape index (κ3) is 2.21. The Morgan fingerprint density at radius 2 is 2.29 bits per heavy atom. The van der Waals surface area contributed by atoms with Gasteiger partial charge in [0.05, 0.1) is 6.61 Å². The van der Waals surface area contributed by atoms with Crippen molar-refractivity contribution in [1.82, 2.24) is 0 Å². The van der Waals surface area contributed by atoms with Crippen LogP contribution in [-0.2, 0) is 12.8 Å². The molecule has 0 saturated carbocycles. The summed E-state index contributed by atoms with van der Waals surface area (Å²) >= 11 is 5.67. The Balaban J connectivity index is 2.12. The van der Waals surface area contributed by atoms with Gasteiger partial charge in [0.25, 0.3) is 0 Å². The highest BCUT2D eigenvalue weighted by Crippen LogP contribution is 2.25. The number of benzene rings is 1. The molecule has 0 atom stereocenters. The Labute approximate surface area is 90.0 Å². The molecule has 0 unspecified atom stereocenters. The lowest BCUT2D eigenvalue weighted by Crippen LogP contribution is -2.08. The summed E-state index contributed by atoms with van der Waals surface area (Å²) in [6.07, 6.45) is 4.44. The number of aryl methyl sites for hydroxylation is 2. The van der Waals surface area contributed by atoms with Gasteiger partial charge >= 0.3 is 0 Å². The zero-order valence-corrected chi connectivity index (χ0v) is 9.02. The van der Waals surface area contributed by atoms with Crippen molar-refractivity contribution in [3.05, 3.63) is 29.3 Å². The minimum absolute atomic E-state index is 0.744. The van der Waals surface area contributed by atoms with Crippen molar-refractivity contribution in [1.29, 1.82) is 0 Å². The number of ether oxygens (including phenoxy) is 1. The van der Waals surface area contributed by atoms with Crippen molar-refractivity contribution in [2.45, 2.75) is 25.7 Å². The second-order valence-electron chi connectivity index (χ2n) is 3.69. The van der Waals surface area contributed by atoms with E-state index in [1.165, 1.54) is 11.1 Å². The fourth-order valence-electron chi connectivity index (χ4n) is 1.84. The van der Waals surface area contributed by atoms with Gasteiger partial charge in [-0.2, -0.15) is 0 Å². The standard InChI is InChI=1S/C12H15ClO/c13-7-1-3-10-5-6-12-11(9-10)4-2-8-14-12/h5-6,9H,1-4,7-8H2. The van der Waals surface area contributed by atoms with Gasteiger partial charge in [-0.25, -0.2) is 0 Å². The molecule has 0 N–H and O–H groups in total. The first-order valence-corrected chi connectivity index (χ1v) is 5.74. The zero-order valence-electron chi connectivity index (χ0n) is 8.26. The molecule has 2 rings (SSSR count). The summed E-state index contributed by atoms with van der Waals surface area (Å²) in [6, 6.07) is 6.51. The largest absolute Gasteiger partial charge is 0.493 e. The molecule has 1 aliphatic rings. The summed E-state index contributed by atoms with van der Waals surface area (Å²) in [5.74, 6) is 1.82. The average molecular weight is 211 g/mol. The molecule has 76 valence electrons. The molecule has 2 heteroatoms. The number of halogens is 1. The second-order valence-corrected chi connectivity index (χ2v) is 4.06. The van der Waals surface area contributed by atoms with Gasteiger partial charge in [-0.1, -0.05) is 12.1 Å². The highest BCUT2D eigenvalue weighted by atomic mass is 35.5. The summed E-state index contributed by atoms with van der Waals surface area (Å²) in [4.78, 5) is 0. The van der Waals surface area contributed by atoms with E-state index in [0.717, 1.165) is 43.9 Å². The number of fused-ring (bicyclic) bond motifs is 1. The van der Waals surface area contributed by atoms with Crippen molar-refractivity contribution in [2.24, 2.45) is 0 Å². The van der Waals surface area contributed by atoms with E-state index in [0.29, 0.717) is 0 Å². The van der Waals surface area contributed by atoms with Gasteiger partial charge in [-0.05, 0) is 42.9 Å². The monoisotopic (exact) mass is 210 g/mol. The Morgan fingerprint density at radius 3 is 3.14 bits per heavy atom. The van der Waals surface area contributed by atoms with Crippen LogP contribution in [0.2, 0.25) is 0 Å². The van der Waals surface area contributed by atoms with Crippen LogP contribution in [-0.4, -0.2) is 12.5 Å². The molecule has 0 saturated heterocycles. The summed E-state index contributed by atoms with van der Waals surface area (Å²) in [7, 11) is 0. The lowest BCUT2D eigenvalue weighted by atomic mass is 10.0. The molecule has 0 amide bonds. The van der Waals surface area contributed by atoms with E-state index >= 15 is 0 Å². The highest BCUT2D eigenvalue weighted by Gasteiger charge is 2.09. The predicted octanol–water partition coefficient (Wildman–Crippen LogP) is 3.18. The molecule has 14 heavy (non-hydrogen) atoms. The first-order valence-electron chi connectivity index (χ1n) is 5.21. The minimum atomic E-state index is 0.744. The van der Waals surface area contributed by atoms with Crippen molar-refractivity contribution in [3.8, 4) is 5.75 Å². The average Bonchev–Trinajstić information content (AvgIpc) is 2.26. The fourth-order valence-corrected chi connectivity index (χ4v) is 1.97. The molecule has 0 fully saturated rings. The van der Waals surface area contributed by atoms with Crippen LogP contribution >= 0.6 is 11.6 Å².